The number of halogens is 2. The third-order valence-corrected chi connectivity index (χ3v) is 4.51. The molecule has 2 rings (SSSR count). The maximum atomic E-state index is 12.4. The van der Waals surface area contributed by atoms with E-state index < -0.39 is 18.1 Å². The molecule has 0 bridgehead atoms. The first-order valence-corrected chi connectivity index (χ1v) is 7.78. The molecule has 1 amide bonds. The molecule has 130 valence electrons. The van der Waals surface area contributed by atoms with E-state index in [9.17, 15) is 18.7 Å². The Kier molecular flexibility index (Phi) is 5.56. The molecule has 1 atom stereocenters. The molecule has 0 saturated heterocycles. The summed E-state index contributed by atoms with van der Waals surface area (Å²) >= 11 is 0. The fourth-order valence-electron chi connectivity index (χ4n) is 3.10. The Hall–Kier alpha value is -1.70. The van der Waals surface area contributed by atoms with Gasteiger partial charge in [-0.05, 0) is 25.7 Å². The predicted molar refractivity (Wildman–Crippen MR) is 79.4 cm³/mol. The van der Waals surface area contributed by atoms with Crippen LogP contribution in [0.2, 0.25) is 0 Å². The first kappa shape index (κ1) is 17.7. The molecule has 1 fully saturated rings. The lowest BCUT2D eigenvalue weighted by molar-refractivity contribution is -0.0553. The van der Waals surface area contributed by atoms with Crippen molar-refractivity contribution in [3.8, 4) is 5.88 Å². The molecule has 6 nitrogen and oxygen atoms in total. The number of amides is 1. The number of alkyl halides is 2. The fraction of sp³-hybridized carbons (Fsp3) is 0.733. The quantitative estimate of drug-likeness (QED) is 0.837. The zero-order valence-electron chi connectivity index (χ0n) is 13.4. The monoisotopic (exact) mass is 331 g/mol. The van der Waals surface area contributed by atoms with Crippen molar-refractivity contribution >= 4 is 5.91 Å². The van der Waals surface area contributed by atoms with Gasteiger partial charge in [-0.25, -0.2) is 4.68 Å². The van der Waals surface area contributed by atoms with Gasteiger partial charge in [-0.3, -0.25) is 4.79 Å². The average Bonchev–Trinajstić information content (AvgIpc) is 2.88. The van der Waals surface area contributed by atoms with Crippen LogP contribution in [0, 0.1) is 5.92 Å². The van der Waals surface area contributed by atoms with E-state index >= 15 is 0 Å². The minimum absolute atomic E-state index is 0.0152. The number of nitrogens with one attached hydrogen (secondary N) is 1. The number of hydrogen-bond acceptors (Lipinski definition) is 4. The smallest absolute Gasteiger partial charge is 0.388 e. The van der Waals surface area contributed by atoms with Gasteiger partial charge in [0.1, 0.15) is 0 Å². The van der Waals surface area contributed by atoms with Gasteiger partial charge in [0.2, 0.25) is 5.88 Å². The third-order valence-electron chi connectivity index (χ3n) is 4.51. The van der Waals surface area contributed by atoms with Gasteiger partial charge >= 0.3 is 6.61 Å². The first-order chi connectivity index (χ1) is 10.9. The van der Waals surface area contributed by atoms with Crippen LogP contribution in [0.5, 0.6) is 5.88 Å². The molecule has 1 aromatic rings. The van der Waals surface area contributed by atoms with Crippen molar-refractivity contribution in [3.05, 3.63) is 11.8 Å². The molecule has 0 aromatic carbocycles. The van der Waals surface area contributed by atoms with Crippen molar-refractivity contribution in [2.75, 3.05) is 6.61 Å². The zero-order chi connectivity index (χ0) is 17.0. The summed E-state index contributed by atoms with van der Waals surface area (Å²) in [4.78, 5) is 12.4. The van der Waals surface area contributed by atoms with Crippen molar-refractivity contribution in [1.82, 2.24) is 15.1 Å². The molecule has 0 spiro atoms. The second kappa shape index (κ2) is 7.25. The Balaban J connectivity index is 2.10. The summed E-state index contributed by atoms with van der Waals surface area (Å²) in [6.07, 6.45) is 5.21. The number of rotatable bonds is 6. The van der Waals surface area contributed by atoms with Crippen molar-refractivity contribution in [1.29, 1.82) is 0 Å². The molecular formula is C15H23F2N3O3. The van der Waals surface area contributed by atoms with Gasteiger partial charge < -0.3 is 15.2 Å². The number of aromatic nitrogens is 2. The molecule has 1 heterocycles. The molecule has 2 N–H and O–H groups in total. The average molecular weight is 331 g/mol. The van der Waals surface area contributed by atoms with Crippen molar-refractivity contribution in [2.45, 2.75) is 51.2 Å². The van der Waals surface area contributed by atoms with Crippen LogP contribution in [0.25, 0.3) is 0 Å². The van der Waals surface area contributed by atoms with Gasteiger partial charge in [0.05, 0.1) is 12.1 Å². The maximum Gasteiger partial charge on any atom is 0.388 e. The molecule has 1 aliphatic rings. The van der Waals surface area contributed by atoms with Crippen LogP contribution in [0.15, 0.2) is 6.07 Å². The second-order valence-electron chi connectivity index (χ2n) is 6.23. The summed E-state index contributed by atoms with van der Waals surface area (Å²) in [6.45, 7) is -1.36. The van der Waals surface area contributed by atoms with E-state index in [0.29, 0.717) is 0 Å². The molecule has 0 aliphatic heterocycles. The molecule has 1 aromatic heterocycles. The topological polar surface area (TPSA) is 76.4 Å². The molecule has 1 saturated carbocycles. The Morgan fingerprint density at radius 1 is 1.52 bits per heavy atom. The number of carbonyl (C=O) groups excluding carboxylic acids is 1. The number of aryl methyl sites for hydroxylation is 1. The van der Waals surface area contributed by atoms with Crippen LogP contribution in [0.3, 0.4) is 0 Å². The highest BCUT2D eigenvalue weighted by atomic mass is 19.3. The van der Waals surface area contributed by atoms with Crippen LogP contribution < -0.4 is 10.1 Å². The summed E-state index contributed by atoms with van der Waals surface area (Å²) < 4.78 is 29.9. The zero-order valence-corrected chi connectivity index (χ0v) is 13.4. The fourth-order valence-corrected chi connectivity index (χ4v) is 3.10. The summed E-state index contributed by atoms with van der Waals surface area (Å²) in [5.41, 5.74) is -0.766. The van der Waals surface area contributed by atoms with Crippen LogP contribution in [0.1, 0.15) is 49.5 Å². The number of aliphatic hydroxyl groups excluding tert-OH is 1. The standard InChI is InChI=1S/C15H23F2N3O3/c1-15(9-21,10-6-4-3-5-7-10)18-13(22)11-8-12(20(2)19-11)23-14(16)17/h8,10,14,21H,3-7,9H2,1-2H3,(H,18,22)/t15-/m1/s1. The second-order valence-corrected chi connectivity index (χ2v) is 6.23. The van der Waals surface area contributed by atoms with Gasteiger partial charge in [-0.15, -0.1) is 0 Å². The van der Waals surface area contributed by atoms with Crippen LogP contribution in [0.4, 0.5) is 8.78 Å². The lowest BCUT2D eigenvalue weighted by Gasteiger charge is -2.39. The number of nitrogens with zero attached hydrogens (tertiary/aromatic N) is 2. The summed E-state index contributed by atoms with van der Waals surface area (Å²) in [5.74, 6) is -0.508. The number of carbonyl (C=O) groups is 1. The highest BCUT2D eigenvalue weighted by molar-refractivity contribution is 5.93. The van der Waals surface area contributed by atoms with E-state index in [0.717, 1.165) is 30.4 Å². The Morgan fingerprint density at radius 3 is 2.74 bits per heavy atom. The van der Waals surface area contributed by atoms with E-state index in [2.05, 4.69) is 15.2 Å². The molecule has 8 heteroatoms. The summed E-state index contributed by atoms with van der Waals surface area (Å²) in [5, 5.41) is 16.5. The number of hydrogen-bond donors (Lipinski definition) is 2. The van der Waals surface area contributed by atoms with Crippen molar-refractivity contribution in [3.63, 3.8) is 0 Å². The number of ether oxygens (including phenoxy) is 1. The van der Waals surface area contributed by atoms with Gasteiger partial charge in [-0.2, -0.15) is 13.9 Å². The normalized spacial score (nSPS) is 18.7. The van der Waals surface area contributed by atoms with Crippen LogP contribution in [-0.2, 0) is 7.05 Å². The van der Waals surface area contributed by atoms with E-state index in [4.69, 9.17) is 0 Å². The Bertz CT molecular complexity index is 544. The largest absolute Gasteiger partial charge is 0.417 e. The van der Waals surface area contributed by atoms with Gasteiger partial charge in [0.15, 0.2) is 5.69 Å². The maximum absolute atomic E-state index is 12.4. The highest BCUT2D eigenvalue weighted by Gasteiger charge is 2.36. The van der Waals surface area contributed by atoms with Gasteiger partial charge in [-0.1, -0.05) is 19.3 Å². The predicted octanol–water partition coefficient (Wildman–Crippen LogP) is 2.08. The van der Waals surface area contributed by atoms with Gasteiger partial charge in [0, 0.05) is 13.1 Å². The molecule has 1 aliphatic carbocycles. The molecular weight excluding hydrogens is 308 g/mol. The molecule has 0 unspecified atom stereocenters. The minimum atomic E-state index is -2.98. The highest BCUT2D eigenvalue weighted by Crippen LogP contribution is 2.32. The lowest BCUT2D eigenvalue weighted by atomic mass is 9.76. The first-order valence-electron chi connectivity index (χ1n) is 7.78. The van der Waals surface area contributed by atoms with E-state index in [1.165, 1.54) is 19.5 Å². The number of aliphatic hydroxyl groups is 1. The Labute approximate surface area is 133 Å². The molecule has 0 radical (unpaired) electrons. The van der Waals surface area contributed by atoms with Crippen molar-refractivity contribution in [2.24, 2.45) is 13.0 Å². The summed E-state index contributed by atoms with van der Waals surface area (Å²) in [7, 11) is 1.42. The Morgan fingerprint density at radius 2 is 2.17 bits per heavy atom. The van der Waals surface area contributed by atoms with Gasteiger partial charge in [0.25, 0.3) is 5.91 Å². The SMILES string of the molecule is Cn1nc(C(=O)N[C@](C)(CO)C2CCCCC2)cc1OC(F)F. The van der Waals surface area contributed by atoms with E-state index in [1.54, 1.807) is 6.92 Å². The van der Waals surface area contributed by atoms with Crippen LogP contribution >= 0.6 is 0 Å². The minimum Gasteiger partial charge on any atom is -0.417 e. The molecule has 23 heavy (non-hydrogen) atoms. The van der Waals surface area contributed by atoms with Crippen molar-refractivity contribution < 1.29 is 23.4 Å². The summed E-state index contributed by atoms with van der Waals surface area (Å²) in [6, 6.07) is 1.17. The van der Waals surface area contributed by atoms with Crippen LogP contribution in [-0.4, -0.2) is 39.6 Å². The third kappa shape index (κ3) is 4.19. The van der Waals surface area contributed by atoms with E-state index in [1.807, 2.05) is 0 Å². The lowest BCUT2D eigenvalue weighted by Crippen LogP contribution is -2.54. The van der Waals surface area contributed by atoms with E-state index in [-0.39, 0.29) is 24.1 Å².